The molecule has 0 aliphatic heterocycles. The molecule has 3 amide bonds. The van der Waals surface area contributed by atoms with Gasteiger partial charge in [0.25, 0.3) is 11.8 Å². The summed E-state index contributed by atoms with van der Waals surface area (Å²) < 4.78 is 0. The highest BCUT2D eigenvalue weighted by Crippen LogP contribution is 2.16. The van der Waals surface area contributed by atoms with Crippen molar-refractivity contribution >= 4 is 29.1 Å². The Kier molecular flexibility index (Phi) is 7.49. The third kappa shape index (κ3) is 6.54. The molecule has 1 aromatic carbocycles. The Morgan fingerprint density at radius 3 is 2.19 bits per heavy atom. The van der Waals surface area contributed by atoms with E-state index in [0.717, 1.165) is 19.3 Å². The maximum absolute atomic E-state index is 12.4. The molecule has 2 aromatic rings. The van der Waals surface area contributed by atoms with Crippen LogP contribution in [-0.4, -0.2) is 29.3 Å². The Bertz CT molecular complexity index is 820. The molecular formula is C20H24N4O3. The number of unbranched alkanes of at least 4 members (excludes halogenated alkanes) is 2. The second-order valence-electron chi connectivity index (χ2n) is 6.09. The molecular weight excluding hydrogens is 344 g/mol. The fourth-order valence-electron chi connectivity index (χ4n) is 2.43. The number of carbonyl (C=O) groups excluding carboxylic acids is 3. The van der Waals surface area contributed by atoms with E-state index in [2.05, 4.69) is 27.9 Å². The molecule has 0 bridgehead atoms. The van der Waals surface area contributed by atoms with Crippen molar-refractivity contribution in [3.8, 4) is 0 Å². The maximum atomic E-state index is 12.4. The zero-order chi connectivity index (χ0) is 19.6. The average molecular weight is 368 g/mol. The van der Waals surface area contributed by atoms with Gasteiger partial charge in [0.15, 0.2) is 0 Å². The van der Waals surface area contributed by atoms with Gasteiger partial charge in [-0.25, -0.2) is 4.98 Å². The smallest absolute Gasteiger partial charge is 0.274 e. The van der Waals surface area contributed by atoms with Gasteiger partial charge in [0, 0.05) is 24.8 Å². The zero-order valence-electron chi connectivity index (χ0n) is 15.5. The topological polar surface area (TPSA) is 100 Å². The molecule has 0 atom stereocenters. The van der Waals surface area contributed by atoms with Crippen LogP contribution in [-0.2, 0) is 4.79 Å². The minimum Gasteiger partial charge on any atom is -0.351 e. The standard InChI is InChI=1S/C20H24N4O3/c1-3-4-5-12-21-19(26)17-10-7-11-18(24-17)20(27)23-16-9-6-8-15(13-16)22-14(2)25/h6-11,13H,3-5,12H2,1-2H3,(H,21,26)(H,22,25)(H,23,27). The maximum Gasteiger partial charge on any atom is 0.274 e. The van der Waals surface area contributed by atoms with Crippen LogP contribution in [0.1, 0.15) is 54.1 Å². The molecule has 0 aliphatic rings. The van der Waals surface area contributed by atoms with E-state index in [0.29, 0.717) is 17.9 Å². The predicted molar refractivity (Wildman–Crippen MR) is 105 cm³/mol. The van der Waals surface area contributed by atoms with E-state index in [1.54, 1.807) is 42.5 Å². The molecule has 0 spiro atoms. The molecule has 0 radical (unpaired) electrons. The van der Waals surface area contributed by atoms with Crippen LogP contribution >= 0.6 is 0 Å². The fraction of sp³-hybridized carbons (Fsp3) is 0.300. The number of pyridine rings is 1. The van der Waals surface area contributed by atoms with Crippen molar-refractivity contribution < 1.29 is 14.4 Å². The lowest BCUT2D eigenvalue weighted by Gasteiger charge is -2.09. The van der Waals surface area contributed by atoms with Gasteiger partial charge in [-0.15, -0.1) is 0 Å². The molecule has 2 rings (SSSR count). The van der Waals surface area contributed by atoms with Gasteiger partial charge in [0.2, 0.25) is 5.91 Å². The van der Waals surface area contributed by atoms with E-state index >= 15 is 0 Å². The number of nitrogens with one attached hydrogen (secondary N) is 3. The van der Waals surface area contributed by atoms with E-state index in [1.165, 1.54) is 6.92 Å². The van der Waals surface area contributed by atoms with Crippen molar-refractivity contribution in [2.24, 2.45) is 0 Å². The van der Waals surface area contributed by atoms with Crippen molar-refractivity contribution in [3.05, 3.63) is 53.9 Å². The predicted octanol–water partition coefficient (Wildman–Crippen LogP) is 3.21. The molecule has 0 saturated heterocycles. The quantitative estimate of drug-likeness (QED) is 0.623. The largest absolute Gasteiger partial charge is 0.351 e. The van der Waals surface area contributed by atoms with Crippen LogP contribution < -0.4 is 16.0 Å². The van der Waals surface area contributed by atoms with E-state index in [9.17, 15) is 14.4 Å². The Morgan fingerprint density at radius 1 is 0.889 bits per heavy atom. The second-order valence-corrected chi connectivity index (χ2v) is 6.09. The van der Waals surface area contributed by atoms with Crippen LogP contribution in [0.5, 0.6) is 0 Å². The van der Waals surface area contributed by atoms with Gasteiger partial charge in [-0.1, -0.05) is 31.9 Å². The highest BCUT2D eigenvalue weighted by molar-refractivity contribution is 6.04. The van der Waals surface area contributed by atoms with Gasteiger partial charge in [-0.2, -0.15) is 0 Å². The van der Waals surface area contributed by atoms with Crippen LogP contribution in [0.25, 0.3) is 0 Å². The molecule has 7 nitrogen and oxygen atoms in total. The molecule has 0 aliphatic carbocycles. The number of nitrogens with zero attached hydrogens (tertiary/aromatic N) is 1. The van der Waals surface area contributed by atoms with Gasteiger partial charge in [-0.3, -0.25) is 14.4 Å². The van der Waals surface area contributed by atoms with Gasteiger partial charge in [0.05, 0.1) is 0 Å². The summed E-state index contributed by atoms with van der Waals surface area (Å²) in [7, 11) is 0. The van der Waals surface area contributed by atoms with Crippen LogP contribution in [0.15, 0.2) is 42.5 Å². The Balaban J connectivity index is 2.02. The molecule has 1 heterocycles. The van der Waals surface area contributed by atoms with Crippen molar-refractivity contribution in [2.75, 3.05) is 17.2 Å². The summed E-state index contributed by atoms with van der Waals surface area (Å²) in [5.41, 5.74) is 1.43. The number of carbonyl (C=O) groups is 3. The SMILES string of the molecule is CCCCCNC(=O)c1cccc(C(=O)Nc2cccc(NC(C)=O)c2)n1. The van der Waals surface area contributed by atoms with Gasteiger partial charge in [0.1, 0.15) is 11.4 Å². The van der Waals surface area contributed by atoms with E-state index in [4.69, 9.17) is 0 Å². The summed E-state index contributed by atoms with van der Waals surface area (Å²) in [5, 5.41) is 8.17. The number of amides is 3. The number of rotatable bonds is 8. The highest BCUT2D eigenvalue weighted by atomic mass is 16.2. The van der Waals surface area contributed by atoms with Gasteiger partial charge in [-0.05, 0) is 36.8 Å². The van der Waals surface area contributed by atoms with E-state index in [-0.39, 0.29) is 23.2 Å². The van der Waals surface area contributed by atoms with Gasteiger partial charge >= 0.3 is 0 Å². The molecule has 0 saturated carbocycles. The summed E-state index contributed by atoms with van der Waals surface area (Å²) in [6.07, 6.45) is 3.04. The molecule has 0 fully saturated rings. The third-order valence-corrected chi connectivity index (χ3v) is 3.72. The van der Waals surface area contributed by atoms with Crippen LogP contribution in [0, 0.1) is 0 Å². The summed E-state index contributed by atoms with van der Waals surface area (Å²) in [6.45, 7) is 4.09. The van der Waals surface area contributed by atoms with E-state index < -0.39 is 5.91 Å². The number of anilines is 2. The zero-order valence-corrected chi connectivity index (χ0v) is 15.5. The number of benzene rings is 1. The average Bonchev–Trinajstić information content (AvgIpc) is 2.65. The molecule has 142 valence electrons. The lowest BCUT2D eigenvalue weighted by molar-refractivity contribution is -0.114. The fourth-order valence-corrected chi connectivity index (χ4v) is 2.43. The molecule has 3 N–H and O–H groups in total. The van der Waals surface area contributed by atoms with Crippen LogP contribution in [0.3, 0.4) is 0 Å². The molecule has 1 aromatic heterocycles. The normalized spacial score (nSPS) is 10.1. The lowest BCUT2D eigenvalue weighted by atomic mass is 10.2. The number of hydrogen-bond acceptors (Lipinski definition) is 4. The van der Waals surface area contributed by atoms with Gasteiger partial charge < -0.3 is 16.0 Å². The third-order valence-electron chi connectivity index (χ3n) is 3.72. The first-order chi connectivity index (χ1) is 13.0. The lowest BCUT2D eigenvalue weighted by Crippen LogP contribution is -2.26. The minimum atomic E-state index is -0.435. The van der Waals surface area contributed by atoms with Crippen LogP contribution in [0.4, 0.5) is 11.4 Å². The summed E-state index contributed by atoms with van der Waals surface area (Å²) >= 11 is 0. The number of aromatic nitrogens is 1. The molecule has 27 heavy (non-hydrogen) atoms. The first-order valence-electron chi connectivity index (χ1n) is 8.94. The Morgan fingerprint density at radius 2 is 1.52 bits per heavy atom. The second kappa shape index (κ2) is 10.1. The van der Waals surface area contributed by atoms with Crippen molar-refractivity contribution in [3.63, 3.8) is 0 Å². The Hall–Kier alpha value is -3.22. The highest BCUT2D eigenvalue weighted by Gasteiger charge is 2.12. The summed E-state index contributed by atoms with van der Waals surface area (Å²) in [6, 6.07) is 11.5. The molecule has 0 unspecified atom stereocenters. The first-order valence-corrected chi connectivity index (χ1v) is 8.94. The van der Waals surface area contributed by atoms with Crippen molar-refractivity contribution in [2.45, 2.75) is 33.1 Å². The summed E-state index contributed by atoms with van der Waals surface area (Å²) in [4.78, 5) is 39.9. The van der Waals surface area contributed by atoms with Crippen molar-refractivity contribution in [1.82, 2.24) is 10.3 Å². The van der Waals surface area contributed by atoms with Crippen LogP contribution in [0.2, 0.25) is 0 Å². The number of hydrogen-bond donors (Lipinski definition) is 3. The van der Waals surface area contributed by atoms with E-state index in [1.807, 2.05) is 0 Å². The van der Waals surface area contributed by atoms with Crippen molar-refractivity contribution in [1.29, 1.82) is 0 Å². The monoisotopic (exact) mass is 368 g/mol. The summed E-state index contributed by atoms with van der Waals surface area (Å²) in [5.74, 6) is -0.929. The Labute approximate surface area is 158 Å². The minimum absolute atomic E-state index is 0.140. The first kappa shape index (κ1) is 20.1. The molecule has 7 heteroatoms.